The minimum atomic E-state index is -0.327. The van der Waals surface area contributed by atoms with E-state index in [2.05, 4.69) is 15.4 Å². The highest BCUT2D eigenvalue weighted by atomic mass is 19.1. The summed E-state index contributed by atoms with van der Waals surface area (Å²) < 4.78 is 17.9. The molecular weight excluding hydrogens is 275 g/mol. The second kappa shape index (κ2) is 5.66. The minimum Gasteiger partial charge on any atom is -0.461 e. The highest BCUT2D eigenvalue weighted by Crippen LogP contribution is 2.13. The van der Waals surface area contributed by atoms with Crippen LogP contribution in [-0.4, -0.2) is 26.0 Å². The topological polar surface area (TPSA) is 73.8 Å². The van der Waals surface area contributed by atoms with Gasteiger partial charge in [-0.05, 0) is 35.0 Å². The van der Waals surface area contributed by atoms with Crippen molar-refractivity contribution >= 4 is 5.78 Å². The fraction of sp³-hybridized carbons (Fsp3) is 0.143. The molecule has 0 radical (unpaired) electrons. The van der Waals surface area contributed by atoms with Gasteiger partial charge in [0.1, 0.15) is 12.4 Å². The number of furan rings is 1. The molecule has 0 spiro atoms. The molecule has 21 heavy (non-hydrogen) atoms. The molecule has 0 unspecified atom stereocenters. The molecule has 0 saturated carbocycles. The average molecular weight is 286 g/mol. The second-order valence-corrected chi connectivity index (χ2v) is 4.46. The summed E-state index contributed by atoms with van der Waals surface area (Å²) in [4.78, 5) is 13.1. The molecule has 0 saturated heterocycles. The highest BCUT2D eigenvalue weighted by Gasteiger charge is 2.11. The Morgan fingerprint density at radius 2 is 2.05 bits per heavy atom. The van der Waals surface area contributed by atoms with Gasteiger partial charge in [-0.2, -0.15) is 4.80 Å². The molecule has 0 aliphatic carbocycles. The van der Waals surface area contributed by atoms with Crippen LogP contribution in [0.4, 0.5) is 4.39 Å². The van der Waals surface area contributed by atoms with Crippen molar-refractivity contribution in [2.45, 2.75) is 13.0 Å². The third kappa shape index (κ3) is 3.19. The normalized spacial score (nSPS) is 10.7. The predicted molar refractivity (Wildman–Crippen MR) is 70.6 cm³/mol. The predicted octanol–water partition coefficient (Wildman–Crippen LogP) is 1.88. The molecule has 1 aromatic carbocycles. The summed E-state index contributed by atoms with van der Waals surface area (Å²) in [7, 11) is 0. The van der Waals surface area contributed by atoms with Gasteiger partial charge in [-0.3, -0.25) is 4.79 Å². The lowest BCUT2D eigenvalue weighted by atomic mass is 10.1. The van der Waals surface area contributed by atoms with Gasteiger partial charge >= 0.3 is 0 Å². The van der Waals surface area contributed by atoms with Crippen molar-refractivity contribution < 1.29 is 13.6 Å². The van der Waals surface area contributed by atoms with E-state index >= 15 is 0 Å². The van der Waals surface area contributed by atoms with Gasteiger partial charge in [-0.25, -0.2) is 4.39 Å². The number of aromatic nitrogens is 4. The van der Waals surface area contributed by atoms with Crippen molar-refractivity contribution in [1.29, 1.82) is 0 Å². The number of halogens is 1. The van der Waals surface area contributed by atoms with E-state index in [9.17, 15) is 9.18 Å². The van der Waals surface area contributed by atoms with Crippen molar-refractivity contribution in [3.05, 3.63) is 54.0 Å². The molecule has 3 aromatic rings. The molecule has 0 aliphatic heterocycles. The molecule has 7 heteroatoms. The van der Waals surface area contributed by atoms with Crippen LogP contribution in [0.2, 0.25) is 0 Å². The standard InChI is InChI=1S/C14H11FN4O2/c15-11-5-3-10(4-6-11)8-12(20)9-19-17-14(16-18-19)13-2-1-7-21-13/h1-7H,8-9H2. The second-order valence-electron chi connectivity index (χ2n) is 4.46. The smallest absolute Gasteiger partial charge is 0.240 e. The van der Waals surface area contributed by atoms with E-state index in [-0.39, 0.29) is 24.6 Å². The summed E-state index contributed by atoms with van der Waals surface area (Å²) in [5, 5.41) is 11.7. The molecule has 0 aliphatic rings. The number of carbonyl (C=O) groups is 1. The van der Waals surface area contributed by atoms with E-state index in [0.717, 1.165) is 5.56 Å². The molecule has 0 bridgehead atoms. The van der Waals surface area contributed by atoms with E-state index in [1.54, 1.807) is 24.3 Å². The lowest BCUT2D eigenvalue weighted by Gasteiger charge is -2.00. The first kappa shape index (κ1) is 13.2. The quantitative estimate of drug-likeness (QED) is 0.716. The Morgan fingerprint density at radius 3 is 2.76 bits per heavy atom. The van der Waals surface area contributed by atoms with Gasteiger partial charge in [0.2, 0.25) is 5.82 Å². The Kier molecular flexibility index (Phi) is 3.55. The molecular formula is C14H11FN4O2. The van der Waals surface area contributed by atoms with Crippen LogP contribution in [0.25, 0.3) is 11.6 Å². The van der Waals surface area contributed by atoms with Gasteiger partial charge in [0.25, 0.3) is 0 Å². The molecule has 2 aromatic heterocycles. The lowest BCUT2D eigenvalue weighted by molar-refractivity contribution is -0.119. The van der Waals surface area contributed by atoms with Gasteiger partial charge in [-0.1, -0.05) is 12.1 Å². The number of tetrazole rings is 1. The summed E-state index contributed by atoms with van der Waals surface area (Å²) >= 11 is 0. The summed E-state index contributed by atoms with van der Waals surface area (Å²) in [6.07, 6.45) is 1.70. The third-order valence-corrected chi connectivity index (χ3v) is 2.83. The number of carbonyl (C=O) groups excluding carboxylic acids is 1. The monoisotopic (exact) mass is 286 g/mol. The number of hydrogen-bond donors (Lipinski definition) is 0. The van der Waals surface area contributed by atoms with Crippen LogP contribution < -0.4 is 0 Å². The Bertz CT molecular complexity index is 735. The number of Topliss-reactive ketones (excluding diaryl/α,β-unsaturated/α-hetero) is 1. The van der Waals surface area contributed by atoms with Crippen molar-refractivity contribution in [2.24, 2.45) is 0 Å². The van der Waals surface area contributed by atoms with Crippen LogP contribution in [0, 0.1) is 5.82 Å². The molecule has 3 rings (SSSR count). The number of nitrogens with zero attached hydrogens (tertiary/aromatic N) is 4. The third-order valence-electron chi connectivity index (χ3n) is 2.83. The molecule has 0 amide bonds. The Morgan fingerprint density at radius 1 is 1.24 bits per heavy atom. The van der Waals surface area contributed by atoms with Gasteiger partial charge < -0.3 is 4.42 Å². The molecule has 0 atom stereocenters. The van der Waals surface area contributed by atoms with Crippen LogP contribution in [-0.2, 0) is 17.8 Å². The number of rotatable bonds is 5. The first-order chi connectivity index (χ1) is 10.2. The van der Waals surface area contributed by atoms with Crippen molar-refractivity contribution in [3.8, 4) is 11.6 Å². The number of hydrogen-bond acceptors (Lipinski definition) is 5. The van der Waals surface area contributed by atoms with E-state index in [4.69, 9.17) is 4.42 Å². The van der Waals surface area contributed by atoms with Crippen LogP contribution >= 0.6 is 0 Å². The lowest BCUT2D eigenvalue weighted by Crippen LogP contribution is -2.15. The number of benzene rings is 1. The van der Waals surface area contributed by atoms with Crippen LogP contribution in [0.15, 0.2) is 47.1 Å². The zero-order valence-electron chi connectivity index (χ0n) is 10.9. The van der Waals surface area contributed by atoms with E-state index in [0.29, 0.717) is 11.6 Å². The van der Waals surface area contributed by atoms with E-state index < -0.39 is 0 Å². The maximum atomic E-state index is 12.8. The molecule has 106 valence electrons. The zero-order chi connectivity index (χ0) is 14.7. The average Bonchev–Trinajstić information content (AvgIpc) is 3.12. The van der Waals surface area contributed by atoms with Crippen LogP contribution in [0.5, 0.6) is 0 Å². The van der Waals surface area contributed by atoms with Crippen LogP contribution in [0.1, 0.15) is 5.56 Å². The van der Waals surface area contributed by atoms with Gasteiger partial charge in [0, 0.05) is 6.42 Å². The van der Waals surface area contributed by atoms with E-state index in [1.807, 2.05) is 0 Å². The Labute approximate surface area is 119 Å². The fourth-order valence-corrected chi connectivity index (χ4v) is 1.86. The molecule has 6 nitrogen and oxygen atoms in total. The Hall–Kier alpha value is -2.83. The zero-order valence-corrected chi connectivity index (χ0v) is 10.9. The van der Waals surface area contributed by atoms with Crippen molar-refractivity contribution in [2.75, 3.05) is 0 Å². The summed E-state index contributed by atoms with van der Waals surface area (Å²) in [6, 6.07) is 9.24. The SMILES string of the molecule is O=C(Cc1ccc(F)cc1)Cn1nnc(-c2ccco2)n1. The fourth-order valence-electron chi connectivity index (χ4n) is 1.86. The van der Waals surface area contributed by atoms with E-state index in [1.165, 1.54) is 23.2 Å². The maximum Gasteiger partial charge on any atom is 0.240 e. The largest absolute Gasteiger partial charge is 0.461 e. The maximum absolute atomic E-state index is 12.8. The highest BCUT2D eigenvalue weighted by molar-refractivity contribution is 5.80. The summed E-state index contributed by atoms with van der Waals surface area (Å²) in [5.74, 6) is 0.402. The first-order valence-electron chi connectivity index (χ1n) is 6.28. The minimum absolute atomic E-state index is 0.00504. The van der Waals surface area contributed by atoms with Gasteiger partial charge in [0.05, 0.1) is 6.26 Å². The summed E-state index contributed by atoms with van der Waals surface area (Å²) in [6.45, 7) is 0.00504. The Balaban J connectivity index is 1.64. The van der Waals surface area contributed by atoms with Crippen LogP contribution in [0.3, 0.4) is 0 Å². The molecule has 2 heterocycles. The van der Waals surface area contributed by atoms with Gasteiger partial charge in [-0.15, -0.1) is 10.2 Å². The van der Waals surface area contributed by atoms with Crippen molar-refractivity contribution in [3.63, 3.8) is 0 Å². The van der Waals surface area contributed by atoms with Crippen molar-refractivity contribution in [1.82, 2.24) is 20.2 Å². The summed E-state index contributed by atoms with van der Waals surface area (Å²) in [5.41, 5.74) is 0.743. The molecule has 0 fully saturated rings. The number of ketones is 1. The first-order valence-corrected chi connectivity index (χ1v) is 6.28. The van der Waals surface area contributed by atoms with Gasteiger partial charge in [0.15, 0.2) is 11.5 Å². The molecule has 0 N–H and O–H groups in total.